The van der Waals surface area contributed by atoms with E-state index >= 15 is 0 Å². The quantitative estimate of drug-likeness (QED) is 0.862. The summed E-state index contributed by atoms with van der Waals surface area (Å²) in [6.07, 6.45) is 1.35. The van der Waals surface area contributed by atoms with E-state index in [0.717, 1.165) is 24.3 Å². The Labute approximate surface area is 113 Å². The lowest BCUT2D eigenvalue weighted by molar-refractivity contribution is 0.532. The minimum Gasteiger partial charge on any atom is -0.316 e. The Bertz CT molecular complexity index is 387. The van der Waals surface area contributed by atoms with E-state index in [-0.39, 0.29) is 0 Å². The molecular weight excluding hydrogens is 274 g/mol. The lowest BCUT2D eigenvalue weighted by Crippen LogP contribution is -2.22. The Kier molecular flexibility index (Phi) is 4.26. The lowest BCUT2D eigenvalue weighted by Gasteiger charge is -2.07. The molecule has 0 aromatic heterocycles. The Morgan fingerprint density at radius 3 is 2.82 bits per heavy atom. The fourth-order valence-corrected chi connectivity index (χ4v) is 2.58. The number of hydrogen-bond acceptors (Lipinski definition) is 1. The third-order valence-corrected chi connectivity index (χ3v) is 4.38. The van der Waals surface area contributed by atoms with Crippen molar-refractivity contribution in [2.45, 2.75) is 33.1 Å². The van der Waals surface area contributed by atoms with Crippen LogP contribution in [0.5, 0.6) is 0 Å². The highest BCUT2D eigenvalue weighted by Crippen LogP contribution is 2.47. The van der Waals surface area contributed by atoms with E-state index in [0.29, 0.717) is 0 Å². The number of hydrogen-bond donors (Lipinski definition) is 1. The molecule has 94 valence electrons. The fourth-order valence-electron chi connectivity index (χ4n) is 2.34. The topological polar surface area (TPSA) is 12.0 Å². The SMILES string of the molecule is Cc1cc(C2CC2CNCC(C)C)ccc1Br. The molecule has 17 heavy (non-hydrogen) atoms. The lowest BCUT2D eigenvalue weighted by atomic mass is 10.1. The van der Waals surface area contributed by atoms with Crippen LogP contribution in [0.2, 0.25) is 0 Å². The van der Waals surface area contributed by atoms with E-state index in [2.05, 4.69) is 60.2 Å². The molecule has 2 heteroatoms. The second-order valence-corrected chi connectivity index (χ2v) is 6.52. The molecule has 1 saturated carbocycles. The second-order valence-electron chi connectivity index (χ2n) is 5.66. The van der Waals surface area contributed by atoms with Crippen LogP contribution in [0.25, 0.3) is 0 Å². The molecule has 1 fully saturated rings. The van der Waals surface area contributed by atoms with Crippen LogP contribution in [0.15, 0.2) is 22.7 Å². The smallest absolute Gasteiger partial charge is 0.0204 e. The molecule has 1 N–H and O–H groups in total. The Hall–Kier alpha value is -0.340. The fraction of sp³-hybridized carbons (Fsp3) is 0.600. The molecule has 0 radical (unpaired) electrons. The highest BCUT2D eigenvalue weighted by molar-refractivity contribution is 9.10. The predicted octanol–water partition coefficient (Wildman–Crippen LogP) is 4.11. The first-order chi connectivity index (χ1) is 8.08. The summed E-state index contributed by atoms with van der Waals surface area (Å²) in [6.45, 7) is 9.01. The first-order valence-corrected chi connectivity index (χ1v) is 7.34. The van der Waals surface area contributed by atoms with Gasteiger partial charge in [-0.05, 0) is 61.4 Å². The number of halogens is 1. The van der Waals surface area contributed by atoms with Gasteiger partial charge in [0, 0.05) is 4.47 Å². The van der Waals surface area contributed by atoms with Gasteiger partial charge in [0.1, 0.15) is 0 Å². The van der Waals surface area contributed by atoms with Gasteiger partial charge >= 0.3 is 0 Å². The highest BCUT2D eigenvalue weighted by Gasteiger charge is 2.37. The van der Waals surface area contributed by atoms with E-state index < -0.39 is 0 Å². The van der Waals surface area contributed by atoms with Crippen molar-refractivity contribution in [1.82, 2.24) is 5.32 Å². The molecule has 0 spiro atoms. The molecular formula is C15H22BrN. The number of rotatable bonds is 5. The van der Waals surface area contributed by atoms with E-state index in [9.17, 15) is 0 Å². The molecule has 0 saturated heterocycles. The van der Waals surface area contributed by atoms with E-state index in [1.165, 1.54) is 28.6 Å². The zero-order valence-corrected chi connectivity index (χ0v) is 12.5. The van der Waals surface area contributed by atoms with Gasteiger partial charge in [-0.3, -0.25) is 0 Å². The molecule has 1 nitrogen and oxygen atoms in total. The van der Waals surface area contributed by atoms with Crippen LogP contribution in [-0.2, 0) is 0 Å². The summed E-state index contributed by atoms with van der Waals surface area (Å²) in [7, 11) is 0. The zero-order chi connectivity index (χ0) is 12.4. The Morgan fingerprint density at radius 2 is 2.18 bits per heavy atom. The standard InChI is InChI=1S/C15H22BrN/c1-10(2)8-17-9-13-7-14(13)12-4-5-15(16)11(3)6-12/h4-6,10,13-14,17H,7-9H2,1-3H3. The summed E-state index contributed by atoms with van der Waals surface area (Å²) in [6, 6.07) is 6.78. The van der Waals surface area contributed by atoms with Crippen LogP contribution in [-0.4, -0.2) is 13.1 Å². The van der Waals surface area contributed by atoms with Crippen LogP contribution < -0.4 is 5.32 Å². The van der Waals surface area contributed by atoms with Gasteiger partial charge in [-0.25, -0.2) is 0 Å². The molecule has 2 atom stereocenters. The molecule has 0 heterocycles. The van der Waals surface area contributed by atoms with Gasteiger partial charge in [0.2, 0.25) is 0 Å². The van der Waals surface area contributed by atoms with Crippen molar-refractivity contribution in [2.75, 3.05) is 13.1 Å². The van der Waals surface area contributed by atoms with Crippen molar-refractivity contribution in [3.8, 4) is 0 Å². The predicted molar refractivity (Wildman–Crippen MR) is 77.4 cm³/mol. The minimum atomic E-state index is 0.752. The molecule has 1 aliphatic carbocycles. The maximum absolute atomic E-state index is 3.56. The molecule has 0 aliphatic heterocycles. The van der Waals surface area contributed by atoms with E-state index in [1.807, 2.05) is 0 Å². The third kappa shape index (κ3) is 3.56. The largest absolute Gasteiger partial charge is 0.316 e. The average Bonchev–Trinajstić information content (AvgIpc) is 3.01. The third-order valence-electron chi connectivity index (χ3n) is 3.49. The van der Waals surface area contributed by atoms with E-state index in [4.69, 9.17) is 0 Å². The van der Waals surface area contributed by atoms with Gasteiger partial charge in [-0.1, -0.05) is 41.9 Å². The Morgan fingerprint density at radius 1 is 1.41 bits per heavy atom. The van der Waals surface area contributed by atoms with Crippen molar-refractivity contribution in [3.63, 3.8) is 0 Å². The summed E-state index contributed by atoms with van der Waals surface area (Å²) in [5.41, 5.74) is 2.87. The van der Waals surface area contributed by atoms with E-state index in [1.54, 1.807) is 0 Å². The van der Waals surface area contributed by atoms with Gasteiger partial charge in [0.25, 0.3) is 0 Å². The normalized spacial score (nSPS) is 23.1. The van der Waals surface area contributed by atoms with Crippen molar-refractivity contribution in [2.24, 2.45) is 11.8 Å². The van der Waals surface area contributed by atoms with Crippen LogP contribution in [0, 0.1) is 18.8 Å². The summed E-state index contributed by atoms with van der Waals surface area (Å²) in [5, 5.41) is 3.56. The summed E-state index contributed by atoms with van der Waals surface area (Å²) < 4.78 is 1.22. The highest BCUT2D eigenvalue weighted by atomic mass is 79.9. The van der Waals surface area contributed by atoms with Crippen molar-refractivity contribution in [3.05, 3.63) is 33.8 Å². The molecule has 0 amide bonds. The first-order valence-electron chi connectivity index (χ1n) is 6.54. The average molecular weight is 296 g/mol. The van der Waals surface area contributed by atoms with Crippen LogP contribution >= 0.6 is 15.9 Å². The van der Waals surface area contributed by atoms with Crippen molar-refractivity contribution in [1.29, 1.82) is 0 Å². The van der Waals surface area contributed by atoms with Gasteiger partial charge in [0.05, 0.1) is 0 Å². The molecule has 2 unspecified atom stereocenters. The number of aryl methyl sites for hydroxylation is 1. The molecule has 0 bridgehead atoms. The molecule has 1 aromatic carbocycles. The number of benzene rings is 1. The van der Waals surface area contributed by atoms with Crippen molar-refractivity contribution < 1.29 is 0 Å². The maximum atomic E-state index is 3.56. The Balaban J connectivity index is 1.83. The van der Waals surface area contributed by atoms with Gasteiger partial charge in [0.15, 0.2) is 0 Å². The van der Waals surface area contributed by atoms with Gasteiger partial charge in [-0.2, -0.15) is 0 Å². The molecule has 1 aromatic rings. The van der Waals surface area contributed by atoms with Gasteiger partial charge in [-0.15, -0.1) is 0 Å². The number of nitrogens with one attached hydrogen (secondary N) is 1. The van der Waals surface area contributed by atoms with Crippen LogP contribution in [0.4, 0.5) is 0 Å². The van der Waals surface area contributed by atoms with Gasteiger partial charge < -0.3 is 5.32 Å². The van der Waals surface area contributed by atoms with Crippen molar-refractivity contribution >= 4 is 15.9 Å². The van der Waals surface area contributed by atoms with Crippen LogP contribution in [0.1, 0.15) is 37.3 Å². The molecule has 2 rings (SSSR count). The first kappa shape index (κ1) is 13.1. The maximum Gasteiger partial charge on any atom is 0.0204 e. The molecule has 1 aliphatic rings. The second kappa shape index (κ2) is 5.53. The zero-order valence-electron chi connectivity index (χ0n) is 11.0. The monoisotopic (exact) mass is 295 g/mol. The summed E-state index contributed by atoms with van der Waals surface area (Å²) >= 11 is 3.56. The summed E-state index contributed by atoms with van der Waals surface area (Å²) in [4.78, 5) is 0. The minimum absolute atomic E-state index is 0.752. The summed E-state index contributed by atoms with van der Waals surface area (Å²) in [5.74, 6) is 2.40. The van der Waals surface area contributed by atoms with Crippen LogP contribution in [0.3, 0.4) is 0 Å².